The van der Waals surface area contributed by atoms with E-state index in [-0.39, 0.29) is 11.9 Å². The fourth-order valence-electron chi connectivity index (χ4n) is 3.04. The maximum absolute atomic E-state index is 13.0. The molecule has 0 unspecified atom stereocenters. The van der Waals surface area contributed by atoms with Crippen LogP contribution in [0.4, 0.5) is 0 Å². The molecule has 0 radical (unpaired) electrons. The lowest BCUT2D eigenvalue weighted by Gasteiger charge is -2.39. The van der Waals surface area contributed by atoms with Gasteiger partial charge in [-0.25, -0.2) is 0 Å². The summed E-state index contributed by atoms with van der Waals surface area (Å²) < 4.78 is 10.5. The standard InChI is InChI=1S/C17H21N3O3S/c1-11-14(16(21)20-7-9-23-10-8-20)15(19-17(24)18-11)12-3-5-13(22-2)6-4-12/h3-6,14-15H,1,7-10H2,2H3,(H2,18,19,24)/t14-,15+/m0/s1. The lowest BCUT2D eigenvalue weighted by molar-refractivity contribution is -0.139. The highest BCUT2D eigenvalue weighted by Crippen LogP contribution is 2.32. The monoisotopic (exact) mass is 347 g/mol. The summed E-state index contributed by atoms with van der Waals surface area (Å²) in [5.74, 6) is 0.375. The first-order valence-corrected chi connectivity index (χ1v) is 8.28. The molecule has 2 N–H and O–H groups in total. The highest BCUT2D eigenvalue weighted by molar-refractivity contribution is 7.80. The molecule has 0 bridgehead atoms. The van der Waals surface area contributed by atoms with Crippen molar-refractivity contribution in [3.63, 3.8) is 0 Å². The Balaban J connectivity index is 1.88. The molecule has 1 amide bonds. The third-order valence-corrected chi connectivity index (χ3v) is 4.55. The molecular formula is C17H21N3O3S. The SMILES string of the molecule is C=C1NC(=S)N[C@H](c2ccc(OC)cc2)[C@H]1C(=O)N1CCOCC1. The quantitative estimate of drug-likeness (QED) is 0.802. The van der Waals surface area contributed by atoms with Crippen molar-refractivity contribution in [2.24, 2.45) is 5.92 Å². The zero-order chi connectivity index (χ0) is 17.1. The van der Waals surface area contributed by atoms with E-state index in [1.165, 1.54) is 0 Å². The minimum Gasteiger partial charge on any atom is -0.497 e. The average Bonchev–Trinajstić information content (AvgIpc) is 2.61. The van der Waals surface area contributed by atoms with Gasteiger partial charge in [-0.05, 0) is 29.9 Å². The molecule has 3 rings (SSSR count). The lowest BCUT2D eigenvalue weighted by atomic mass is 9.87. The van der Waals surface area contributed by atoms with Gasteiger partial charge in [0.1, 0.15) is 11.7 Å². The van der Waals surface area contributed by atoms with Crippen LogP contribution in [0.15, 0.2) is 36.5 Å². The molecule has 2 saturated heterocycles. The summed E-state index contributed by atoms with van der Waals surface area (Å²) in [6, 6.07) is 7.38. The Hall–Kier alpha value is -2.12. The van der Waals surface area contributed by atoms with E-state index in [0.29, 0.717) is 37.1 Å². The van der Waals surface area contributed by atoms with Gasteiger partial charge in [0.2, 0.25) is 5.91 Å². The van der Waals surface area contributed by atoms with Gasteiger partial charge in [-0.15, -0.1) is 0 Å². The number of rotatable bonds is 3. The highest BCUT2D eigenvalue weighted by atomic mass is 32.1. The second-order valence-electron chi connectivity index (χ2n) is 5.79. The van der Waals surface area contributed by atoms with Crippen LogP contribution in [0.25, 0.3) is 0 Å². The van der Waals surface area contributed by atoms with Gasteiger partial charge in [-0.2, -0.15) is 0 Å². The van der Waals surface area contributed by atoms with Crippen LogP contribution < -0.4 is 15.4 Å². The zero-order valence-corrected chi connectivity index (χ0v) is 14.4. The Morgan fingerprint density at radius 1 is 1.33 bits per heavy atom. The van der Waals surface area contributed by atoms with Gasteiger partial charge in [0.25, 0.3) is 0 Å². The van der Waals surface area contributed by atoms with Gasteiger partial charge in [-0.3, -0.25) is 4.79 Å². The molecule has 6 nitrogen and oxygen atoms in total. The zero-order valence-electron chi connectivity index (χ0n) is 13.6. The number of nitrogens with one attached hydrogen (secondary N) is 2. The van der Waals surface area contributed by atoms with E-state index in [1.54, 1.807) is 7.11 Å². The molecular weight excluding hydrogens is 326 g/mol. The van der Waals surface area contributed by atoms with Gasteiger partial charge < -0.3 is 25.0 Å². The van der Waals surface area contributed by atoms with Crippen molar-refractivity contribution in [1.82, 2.24) is 15.5 Å². The summed E-state index contributed by atoms with van der Waals surface area (Å²) in [5.41, 5.74) is 1.59. The van der Waals surface area contributed by atoms with Gasteiger partial charge in [0.15, 0.2) is 5.11 Å². The Labute approximate surface area is 146 Å². The molecule has 2 aliphatic rings. The first kappa shape index (κ1) is 16.7. The van der Waals surface area contributed by atoms with Crippen molar-refractivity contribution in [2.45, 2.75) is 6.04 Å². The van der Waals surface area contributed by atoms with Crippen LogP contribution in [0.1, 0.15) is 11.6 Å². The number of amides is 1. The second kappa shape index (κ2) is 7.19. The van der Waals surface area contributed by atoms with E-state index >= 15 is 0 Å². The van der Waals surface area contributed by atoms with E-state index in [2.05, 4.69) is 17.2 Å². The smallest absolute Gasteiger partial charge is 0.234 e. The minimum absolute atomic E-state index is 0.0339. The minimum atomic E-state index is -0.428. The topological polar surface area (TPSA) is 62.8 Å². The number of hydrogen-bond donors (Lipinski definition) is 2. The number of ether oxygens (including phenoxy) is 2. The first-order chi connectivity index (χ1) is 11.6. The molecule has 24 heavy (non-hydrogen) atoms. The normalized spacial score (nSPS) is 24.1. The van der Waals surface area contributed by atoms with Gasteiger partial charge >= 0.3 is 0 Å². The molecule has 128 valence electrons. The van der Waals surface area contributed by atoms with Crippen LogP contribution in [0.5, 0.6) is 5.75 Å². The molecule has 0 aliphatic carbocycles. The largest absolute Gasteiger partial charge is 0.497 e. The lowest BCUT2D eigenvalue weighted by Crippen LogP contribution is -2.55. The molecule has 2 heterocycles. The van der Waals surface area contributed by atoms with Crippen LogP contribution >= 0.6 is 12.2 Å². The number of benzene rings is 1. The predicted octanol–water partition coefficient (Wildman–Crippen LogP) is 1.20. The molecule has 2 aliphatic heterocycles. The third kappa shape index (κ3) is 3.37. The predicted molar refractivity (Wildman–Crippen MR) is 94.6 cm³/mol. The summed E-state index contributed by atoms with van der Waals surface area (Å²) in [4.78, 5) is 14.9. The molecule has 2 atom stereocenters. The van der Waals surface area contributed by atoms with Gasteiger partial charge in [0, 0.05) is 18.8 Å². The van der Waals surface area contributed by atoms with Crippen LogP contribution in [-0.2, 0) is 9.53 Å². The summed E-state index contributed by atoms with van der Waals surface area (Å²) >= 11 is 5.25. The maximum atomic E-state index is 13.0. The molecule has 2 fully saturated rings. The summed E-state index contributed by atoms with van der Waals surface area (Å²) in [7, 11) is 1.62. The van der Waals surface area contributed by atoms with Crippen LogP contribution in [0, 0.1) is 5.92 Å². The molecule has 0 spiro atoms. The number of carbonyl (C=O) groups is 1. The fraction of sp³-hybridized carbons (Fsp3) is 0.412. The summed E-state index contributed by atoms with van der Waals surface area (Å²) in [6.07, 6.45) is 0. The third-order valence-electron chi connectivity index (χ3n) is 4.33. The van der Waals surface area contributed by atoms with Gasteiger partial charge in [0.05, 0.1) is 26.4 Å². The van der Waals surface area contributed by atoms with E-state index in [9.17, 15) is 4.79 Å². The molecule has 0 aromatic heterocycles. The molecule has 1 aromatic carbocycles. The Bertz CT molecular complexity index is 641. The van der Waals surface area contributed by atoms with Crippen molar-refractivity contribution in [1.29, 1.82) is 0 Å². The number of hydrogen-bond acceptors (Lipinski definition) is 4. The molecule has 1 aromatic rings. The number of nitrogens with zero attached hydrogens (tertiary/aromatic N) is 1. The van der Waals surface area contributed by atoms with E-state index in [0.717, 1.165) is 11.3 Å². The maximum Gasteiger partial charge on any atom is 0.234 e. The van der Waals surface area contributed by atoms with Gasteiger partial charge in [-0.1, -0.05) is 18.7 Å². The number of carbonyl (C=O) groups excluding carboxylic acids is 1. The van der Waals surface area contributed by atoms with Crippen LogP contribution in [-0.4, -0.2) is 49.3 Å². The van der Waals surface area contributed by atoms with E-state index in [1.807, 2.05) is 29.2 Å². The second-order valence-corrected chi connectivity index (χ2v) is 6.20. The Morgan fingerprint density at radius 2 is 2.00 bits per heavy atom. The summed E-state index contributed by atoms with van der Waals surface area (Å²) in [5, 5.41) is 6.68. The van der Waals surface area contributed by atoms with Crippen molar-refractivity contribution in [3.05, 3.63) is 42.1 Å². The molecule has 0 saturated carbocycles. The Morgan fingerprint density at radius 3 is 2.62 bits per heavy atom. The van der Waals surface area contributed by atoms with Crippen LogP contribution in [0.3, 0.4) is 0 Å². The number of morpholine rings is 1. The van der Waals surface area contributed by atoms with E-state index in [4.69, 9.17) is 21.7 Å². The summed E-state index contributed by atoms with van der Waals surface area (Å²) in [6.45, 7) is 6.36. The van der Waals surface area contributed by atoms with Crippen LogP contribution in [0.2, 0.25) is 0 Å². The molecule has 7 heteroatoms. The first-order valence-electron chi connectivity index (χ1n) is 7.87. The van der Waals surface area contributed by atoms with Crippen molar-refractivity contribution < 1.29 is 14.3 Å². The van der Waals surface area contributed by atoms with Crippen molar-refractivity contribution >= 4 is 23.2 Å². The number of thiocarbonyl (C=S) groups is 1. The highest BCUT2D eigenvalue weighted by Gasteiger charge is 2.39. The van der Waals surface area contributed by atoms with E-state index < -0.39 is 5.92 Å². The Kier molecular flexibility index (Phi) is 5.01. The van der Waals surface area contributed by atoms with Crippen molar-refractivity contribution in [3.8, 4) is 5.75 Å². The van der Waals surface area contributed by atoms with Crippen molar-refractivity contribution in [2.75, 3.05) is 33.4 Å². The fourth-order valence-corrected chi connectivity index (χ4v) is 3.30. The number of methoxy groups -OCH3 is 1. The average molecular weight is 347 g/mol.